The molecule has 1 aromatic heterocycles. The average molecular weight is 238 g/mol. The summed E-state index contributed by atoms with van der Waals surface area (Å²) in [7, 11) is 0. The van der Waals surface area contributed by atoms with Crippen molar-refractivity contribution < 1.29 is 13.9 Å². The highest BCUT2D eigenvalue weighted by atomic mass is 16.5. The molecule has 1 fully saturated rings. The highest BCUT2D eigenvalue weighted by molar-refractivity contribution is 5.76. The number of nitrogens with one attached hydrogen (secondary N) is 2. The lowest BCUT2D eigenvalue weighted by atomic mass is 10.2. The molecule has 2 unspecified atom stereocenters. The Bertz CT molecular complexity index is 345. The number of carbonyl (C=O) groups excluding carboxylic acids is 1. The minimum absolute atomic E-state index is 0.0115. The summed E-state index contributed by atoms with van der Waals surface area (Å²) in [6.07, 6.45) is 1.97. The molecule has 0 radical (unpaired) electrons. The standard InChI is InChI=1S/C12H18N2O3/c1-9(11-3-2-5-17-11)14-12(15)7-10-8-13-4-6-16-10/h2-3,5,9-10,13H,4,6-8H2,1H3,(H,14,15). The molecule has 0 spiro atoms. The molecule has 2 atom stereocenters. The van der Waals surface area contributed by atoms with Gasteiger partial charge in [0.15, 0.2) is 0 Å². The number of hydrogen-bond acceptors (Lipinski definition) is 4. The number of ether oxygens (including phenoxy) is 1. The third-order valence-corrected chi connectivity index (χ3v) is 2.76. The fraction of sp³-hybridized carbons (Fsp3) is 0.583. The van der Waals surface area contributed by atoms with E-state index >= 15 is 0 Å². The van der Waals surface area contributed by atoms with Crippen LogP contribution in [0.3, 0.4) is 0 Å². The Morgan fingerprint density at radius 1 is 1.71 bits per heavy atom. The van der Waals surface area contributed by atoms with E-state index in [4.69, 9.17) is 9.15 Å². The number of rotatable bonds is 4. The molecule has 1 aliphatic heterocycles. The fourth-order valence-corrected chi connectivity index (χ4v) is 1.87. The summed E-state index contributed by atoms with van der Waals surface area (Å²) in [4.78, 5) is 11.8. The molecule has 94 valence electrons. The second kappa shape index (κ2) is 5.84. The van der Waals surface area contributed by atoms with Crippen LogP contribution in [0.1, 0.15) is 25.1 Å². The quantitative estimate of drug-likeness (QED) is 0.815. The van der Waals surface area contributed by atoms with Gasteiger partial charge in [0, 0.05) is 13.1 Å². The molecule has 0 bridgehead atoms. The molecule has 17 heavy (non-hydrogen) atoms. The number of furan rings is 1. The molecule has 0 aromatic carbocycles. The molecule has 0 saturated carbocycles. The first-order valence-electron chi connectivity index (χ1n) is 5.91. The van der Waals surface area contributed by atoms with Crippen molar-refractivity contribution in [2.75, 3.05) is 19.7 Å². The maximum atomic E-state index is 11.8. The molecule has 2 heterocycles. The molecule has 1 amide bonds. The van der Waals surface area contributed by atoms with Crippen LogP contribution < -0.4 is 10.6 Å². The van der Waals surface area contributed by atoms with Gasteiger partial charge in [0.1, 0.15) is 5.76 Å². The Kier molecular flexibility index (Phi) is 4.17. The number of morpholine rings is 1. The van der Waals surface area contributed by atoms with Gasteiger partial charge < -0.3 is 19.8 Å². The molecule has 2 N–H and O–H groups in total. The van der Waals surface area contributed by atoms with Crippen molar-refractivity contribution in [3.05, 3.63) is 24.2 Å². The zero-order valence-corrected chi connectivity index (χ0v) is 9.94. The van der Waals surface area contributed by atoms with E-state index in [0.717, 1.165) is 18.8 Å². The zero-order valence-electron chi connectivity index (χ0n) is 9.94. The minimum Gasteiger partial charge on any atom is -0.467 e. The Balaban J connectivity index is 1.76. The lowest BCUT2D eigenvalue weighted by molar-refractivity contribution is -0.125. The predicted molar refractivity (Wildman–Crippen MR) is 62.5 cm³/mol. The van der Waals surface area contributed by atoms with Crippen molar-refractivity contribution in [3.8, 4) is 0 Å². The summed E-state index contributed by atoms with van der Waals surface area (Å²) >= 11 is 0. The number of carbonyl (C=O) groups is 1. The molecule has 5 nitrogen and oxygen atoms in total. The summed E-state index contributed by atoms with van der Waals surface area (Å²) in [5.74, 6) is 0.753. The van der Waals surface area contributed by atoms with Crippen LogP contribution >= 0.6 is 0 Å². The molecule has 2 rings (SSSR count). The van der Waals surface area contributed by atoms with Crippen LogP contribution in [0.4, 0.5) is 0 Å². The molecule has 1 saturated heterocycles. The largest absolute Gasteiger partial charge is 0.467 e. The summed E-state index contributed by atoms with van der Waals surface area (Å²) in [5, 5.41) is 6.09. The second-order valence-electron chi connectivity index (χ2n) is 4.21. The van der Waals surface area contributed by atoms with E-state index in [2.05, 4.69) is 10.6 Å². The van der Waals surface area contributed by atoms with E-state index in [9.17, 15) is 4.79 Å². The summed E-state index contributed by atoms with van der Waals surface area (Å²) in [6, 6.07) is 3.56. The second-order valence-corrected chi connectivity index (χ2v) is 4.21. The average Bonchev–Trinajstić information content (AvgIpc) is 2.83. The topological polar surface area (TPSA) is 63.5 Å². The van der Waals surface area contributed by atoms with E-state index in [-0.39, 0.29) is 18.1 Å². The first-order chi connectivity index (χ1) is 8.25. The van der Waals surface area contributed by atoms with Crippen molar-refractivity contribution in [3.63, 3.8) is 0 Å². The highest BCUT2D eigenvalue weighted by Crippen LogP contribution is 2.12. The van der Waals surface area contributed by atoms with Crippen LogP contribution in [0.2, 0.25) is 0 Å². The van der Waals surface area contributed by atoms with Crippen LogP contribution in [0.5, 0.6) is 0 Å². The number of hydrogen-bond donors (Lipinski definition) is 2. The first-order valence-corrected chi connectivity index (χ1v) is 5.91. The van der Waals surface area contributed by atoms with E-state index in [1.54, 1.807) is 6.26 Å². The van der Waals surface area contributed by atoms with Gasteiger partial charge in [0.05, 0.1) is 31.4 Å². The Labute approximate surface area is 101 Å². The summed E-state index contributed by atoms with van der Waals surface area (Å²) < 4.78 is 10.7. The van der Waals surface area contributed by atoms with Crippen LogP contribution in [0, 0.1) is 0 Å². The maximum Gasteiger partial charge on any atom is 0.223 e. The fourth-order valence-electron chi connectivity index (χ4n) is 1.87. The number of amides is 1. The lowest BCUT2D eigenvalue weighted by Gasteiger charge is -2.23. The lowest BCUT2D eigenvalue weighted by Crippen LogP contribution is -2.41. The first kappa shape index (κ1) is 12.1. The van der Waals surface area contributed by atoms with Crippen molar-refractivity contribution in [1.29, 1.82) is 0 Å². The van der Waals surface area contributed by atoms with E-state index < -0.39 is 0 Å². The maximum absolute atomic E-state index is 11.8. The zero-order chi connectivity index (χ0) is 12.1. The van der Waals surface area contributed by atoms with Crippen molar-refractivity contribution in [2.45, 2.75) is 25.5 Å². The van der Waals surface area contributed by atoms with E-state index in [1.807, 2.05) is 19.1 Å². The van der Waals surface area contributed by atoms with Gasteiger partial charge in [-0.25, -0.2) is 0 Å². The van der Waals surface area contributed by atoms with E-state index in [1.165, 1.54) is 0 Å². The molecular weight excluding hydrogens is 220 g/mol. The Morgan fingerprint density at radius 3 is 3.24 bits per heavy atom. The van der Waals surface area contributed by atoms with Gasteiger partial charge in [-0.3, -0.25) is 4.79 Å². The van der Waals surface area contributed by atoms with Gasteiger partial charge in [0.2, 0.25) is 5.91 Å². The van der Waals surface area contributed by atoms with Crippen molar-refractivity contribution in [2.24, 2.45) is 0 Å². The van der Waals surface area contributed by atoms with E-state index in [0.29, 0.717) is 13.0 Å². The van der Waals surface area contributed by atoms with Gasteiger partial charge in [0.25, 0.3) is 0 Å². The molecule has 5 heteroatoms. The van der Waals surface area contributed by atoms with Gasteiger partial charge in [-0.1, -0.05) is 0 Å². The molecule has 1 aromatic rings. The van der Waals surface area contributed by atoms with Gasteiger partial charge in [-0.15, -0.1) is 0 Å². The third kappa shape index (κ3) is 3.57. The molecular formula is C12H18N2O3. The van der Waals surface area contributed by atoms with Crippen LogP contribution in [0.25, 0.3) is 0 Å². The van der Waals surface area contributed by atoms with Crippen LogP contribution in [0.15, 0.2) is 22.8 Å². The van der Waals surface area contributed by atoms with Crippen LogP contribution in [-0.2, 0) is 9.53 Å². The Morgan fingerprint density at radius 2 is 2.59 bits per heavy atom. The highest BCUT2D eigenvalue weighted by Gasteiger charge is 2.19. The van der Waals surface area contributed by atoms with Gasteiger partial charge >= 0.3 is 0 Å². The Hall–Kier alpha value is -1.33. The van der Waals surface area contributed by atoms with Crippen molar-refractivity contribution >= 4 is 5.91 Å². The van der Waals surface area contributed by atoms with Crippen LogP contribution in [-0.4, -0.2) is 31.7 Å². The summed E-state index contributed by atoms with van der Waals surface area (Å²) in [6.45, 7) is 4.17. The predicted octanol–water partition coefficient (Wildman–Crippen LogP) is 0.835. The monoisotopic (exact) mass is 238 g/mol. The third-order valence-electron chi connectivity index (χ3n) is 2.76. The summed E-state index contributed by atoms with van der Waals surface area (Å²) in [5.41, 5.74) is 0. The normalized spacial score (nSPS) is 22.1. The van der Waals surface area contributed by atoms with Gasteiger partial charge in [-0.2, -0.15) is 0 Å². The SMILES string of the molecule is CC(NC(=O)CC1CNCCO1)c1ccco1. The smallest absolute Gasteiger partial charge is 0.223 e. The molecule has 0 aliphatic carbocycles. The van der Waals surface area contributed by atoms with Gasteiger partial charge in [-0.05, 0) is 19.1 Å². The minimum atomic E-state index is -0.103. The van der Waals surface area contributed by atoms with Crippen molar-refractivity contribution in [1.82, 2.24) is 10.6 Å². The molecule has 1 aliphatic rings.